The van der Waals surface area contributed by atoms with Crippen molar-refractivity contribution in [2.24, 2.45) is 5.73 Å². The van der Waals surface area contributed by atoms with Crippen molar-refractivity contribution in [3.8, 4) is 0 Å². The molecule has 17 heavy (non-hydrogen) atoms. The van der Waals surface area contributed by atoms with Crippen molar-refractivity contribution in [3.05, 3.63) is 30.1 Å². The first kappa shape index (κ1) is 14.0. The summed E-state index contributed by atoms with van der Waals surface area (Å²) in [6, 6.07) is 5.26. The Hall–Kier alpha value is -1.07. The van der Waals surface area contributed by atoms with Gasteiger partial charge in [0.15, 0.2) is 0 Å². The maximum Gasteiger partial charge on any atom is 0.239 e. The fraction of sp³-hybridized carbons (Fsp3) is 0.500. The van der Waals surface area contributed by atoms with E-state index in [-0.39, 0.29) is 5.91 Å². The molecule has 0 bridgehead atoms. The van der Waals surface area contributed by atoms with Crippen LogP contribution in [0.1, 0.15) is 12.1 Å². The van der Waals surface area contributed by atoms with Crippen molar-refractivity contribution in [2.75, 3.05) is 19.1 Å². The van der Waals surface area contributed by atoms with Crippen LogP contribution in [0.25, 0.3) is 0 Å². The summed E-state index contributed by atoms with van der Waals surface area (Å²) in [6.07, 6.45) is 4.45. The smallest absolute Gasteiger partial charge is 0.239 e. The lowest BCUT2D eigenvalue weighted by Crippen LogP contribution is -2.41. The second kappa shape index (κ2) is 7.29. The zero-order valence-electron chi connectivity index (χ0n) is 10.3. The summed E-state index contributed by atoms with van der Waals surface area (Å²) in [5.74, 6) is 0.884. The lowest BCUT2D eigenvalue weighted by Gasteiger charge is -2.20. The van der Waals surface area contributed by atoms with E-state index in [0.29, 0.717) is 13.0 Å². The van der Waals surface area contributed by atoms with E-state index in [1.165, 1.54) is 0 Å². The van der Waals surface area contributed by atoms with Crippen molar-refractivity contribution in [3.63, 3.8) is 0 Å². The lowest BCUT2D eigenvalue weighted by atomic mass is 10.2. The summed E-state index contributed by atoms with van der Waals surface area (Å²) >= 11 is 1.70. The van der Waals surface area contributed by atoms with Crippen LogP contribution in [0, 0.1) is 0 Å². The molecular formula is C12H19N3OS. The van der Waals surface area contributed by atoms with Crippen molar-refractivity contribution >= 4 is 17.7 Å². The summed E-state index contributed by atoms with van der Waals surface area (Å²) in [5.41, 5.74) is 6.71. The number of aromatic nitrogens is 1. The van der Waals surface area contributed by atoms with E-state index in [0.717, 1.165) is 11.4 Å². The number of carbonyl (C=O) groups is 1. The largest absolute Gasteiger partial charge is 0.339 e. The minimum atomic E-state index is -0.406. The third kappa shape index (κ3) is 4.75. The Bertz CT molecular complexity index is 345. The minimum absolute atomic E-state index is 0.0234. The van der Waals surface area contributed by atoms with Crippen LogP contribution in [-0.4, -0.2) is 40.9 Å². The van der Waals surface area contributed by atoms with E-state index in [9.17, 15) is 4.79 Å². The number of hydrogen-bond donors (Lipinski definition) is 1. The van der Waals surface area contributed by atoms with Crippen LogP contribution in [0.3, 0.4) is 0 Å². The van der Waals surface area contributed by atoms with E-state index in [1.54, 1.807) is 29.9 Å². The van der Waals surface area contributed by atoms with Gasteiger partial charge in [0.2, 0.25) is 5.91 Å². The molecule has 5 heteroatoms. The predicted octanol–water partition coefficient (Wildman–Crippen LogP) is 1.12. The van der Waals surface area contributed by atoms with Crippen LogP contribution in [0.4, 0.5) is 0 Å². The molecule has 1 rings (SSSR count). The first-order valence-electron chi connectivity index (χ1n) is 5.54. The molecule has 0 aliphatic heterocycles. The summed E-state index contributed by atoms with van der Waals surface area (Å²) in [5, 5.41) is 0. The van der Waals surface area contributed by atoms with Crippen molar-refractivity contribution in [2.45, 2.75) is 19.0 Å². The molecule has 4 nitrogen and oxygen atoms in total. The predicted molar refractivity (Wildman–Crippen MR) is 71.7 cm³/mol. The minimum Gasteiger partial charge on any atom is -0.339 e. The van der Waals surface area contributed by atoms with E-state index < -0.39 is 6.04 Å². The number of likely N-dealkylation sites (N-methyl/N-ethyl adjacent to an activating group) is 1. The molecule has 0 aliphatic rings. The van der Waals surface area contributed by atoms with Crippen LogP contribution in [0.2, 0.25) is 0 Å². The molecule has 94 valence electrons. The van der Waals surface area contributed by atoms with Gasteiger partial charge in [-0.3, -0.25) is 9.78 Å². The third-order valence-corrected chi connectivity index (χ3v) is 3.10. The van der Waals surface area contributed by atoms with Crippen LogP contribution in [-0.2, 0) is 11.3 Å². The molecule has 0 saturated carbocycles. The molecule has 0 unspecified atom stereocenters. The molecule has 1 amide bonds. The monoisotopic (exact) mass is 253 g/mol. The van der Waals surface area contributed by atoms with Gasteiger partial charge in [-0.2, -0.15) is 11.8 Å². The maximum absolute atomic E-state index is 11.9. The highest BCUT2D eigenvalue weighted by molar-refractivity contribution is 7.98. The topological polar surface area (TPSA) is 59.2 Å². The van der Waals surface area contributed by atoms with Crippen LogP contribution in [0.15, 0.2) is 24.4 Å². The van der Waals surface area contributed by atoms with Crippen LogP contribution in [0.5, 0.6) is 0 Å². The number of amides is 1. The zero-order valence-corrected chi connectivity index (χ0v) is 11.1. The highest BCUT2D eigenvalue weighted by Crippen LogP contribution is 2.04. The summed E-state index contributed by atoms with van der Waals surface area (Å²) < 4.78 is 0. The number of nitrogens with zero attached hydrogens (tertiary/aromatic N) is 2. The first-order chi connectivity index (χ1) is 8.15. The second-order valence-electron chi connectivity index (χ2n) is 3.90. The summed E-state index contributed by atoms with van der Waals surface area (Å²) in [4.78, 5) is 17.7. The highest BCUT2D eigenvalue weighted by Gasteiger charge is 2.17. The molecule has 1 aromatic heterocycles. The number of nitrogens with two attached hydrogens (primary N) is 1. The number of rotatable bonds is 6. The standard InChI is InChI=1S/C12H19N3OS/c1-15(9-10-5-3-4-7-14-10)12(16)11(13)6-8-17-2/h3-5,7,11H,6,8-9,13H2,1-2H3/t11-/m0/s1. The van der Waals surface area contributed by atoms with Gasteiger partial charge in [-0.1, -0.05) is 6.07 Å². The summed E-state index contributed by atoms with van der Waals surface area (Å²) in [7, 11) is 1.76. The first-order valence-corrected chi connectivity index (χ1v) is 6.94. The second-order valence-corrected chi connectivity index (χ2v) is 4.89. The summed E-state index contributed by atoms with van der Waals surface area (Å²) in [6.45, 7) is 0.507. The number of carbonyl (C=O) groups excluding carboxylic acids is 1. The molecule has 1 atom stereocenters. The Morgan fingerprint density at radius 1 is 1.59 bits per heavy atom. The Kier molecular flexibility index (Phi) is 6.00. The van der Waals surface area contributed by atoms with Gasteiger partial charge in [0.25, 0.3) is 0 Å². The van der Waals surface area contributed by atoms with E-state index in [1.807, 2.05) is 24.5 Å². The van der Waals surface area contributed by atoms with E-state index >= 15 is 0 Å². The SMILES string of the molecule is CSCC[C@H](N)C(=O)N(C)Cc1ccccn1. The number of pyridine rings is 1. The number of thioether (sulfide) groups is 1. The van der Waals surface area contributed by atoms with E-state index in [2.05, 4.69) is 4.98 Å². The normalized spacial score (nSPS) is 12.2. The molecule has 1 aromatic rings. The van der Waals surface area contributed by atoms with Crippen LogP contribution < -0.4 is 5.73 Å². The van der Waals surface area contributed by atoms with Crippen molar-refractivity contribution in [1.82, 2.24) is 9.88 Å². The number of hydrogen-bond acceptors (Lipinski definition) is 4. The fourth-order valence-electron chi connectivity index (χ4n) is 1.46. The molecule has 0 radical (unpaired) electrons. The third-order valence-electron chi connectivity index (χ3n) is 2.45. The molecule has 1 heterocycles. The van der Waals surface area contributed by atoms with Crippen molar-refractivity contribution < 1.29 is 4.79 Å². The van der Waals surface area contributed by atoms with Gasteiger partial charge in [0, 0.05) is 13.2 Å². The molecule has 0 aliphatic carbocycles. The Balaban J connectivity index is 2.47. The molecule has 0 saturated heterocycles. The molecule has 0 spiro atoms. The van der Waals surface area contributed by atoms with E-state index in [4.69, 9.17) is 5.73 Å². The molecule has 0 fully saturated rings. The highest BCUT2D eigenvalue weighted by atomic mass is 32.2. The van der Waals surface area contributed by atoms with Gasteiger partial charge in [-0.25, -0.2) is 0 Å². The van der Waals surface area contributed by atoms with Crippen LogP contribution >= 0.6 is 11.8 Å². The van der Waals surface area contributed by atoms with Gasteiger partial charge >= 0.3 is 0 Å². The van der Waals surface area contributed by atoms with Gasteiger partial charge in [-0.15, -0.1) is 0 Å². The molecule has 2 N–H and O–H groups in total. The average Bonchev–Trinajstić information content (AvgIpc) is 2.36. The quantitative estimate of drug-likeness (QED) is 0.825. The van der Waals surface area contributed by atoms with Gasteiger partial charge < -0.3 is 10.6 Å². The molecular weight excluding hydrogens is 234 g/mol. The van der Waals surface area contributed by atoms with Gasteiger partial charge in [0.1, 0.15) is 0 Å². The fourth-order valence-corrected chi connectivity index (χ4v) is 1.95. The maximum atomic E-state index is 11.9. The van der Waals surface area contributed by atoms with Crippen molar-refractivity contribution in [1.29, 1.82) is 0 Å². The Labute approximate surface area is 107 Å². The molecule has 0 aromatic carbocycles. The van der Waals surface area contributed by atoms with Gasteiger partial charge in [-0.05, 0) is 30.6 Å². The zero-order chi connectivity index (χ0) is 12.7. The Morgan fingerprint density at radius 2 is 2.35 bits per heavy atom. The lowest BCUT2D eigenvalue weighted by molar-refractivity contribution is -0.131. The van der Waals surface area contributed by atoms with Gasteiger partial charge in [0.05, 0.1) is 18.3 Å². The Morgan fingerprint density at radius 3 is 2.94 bits per heavy atom. The average molecular weight is 253 g/mol.